The molecular weight excluding hydrogens is 571 g/mol. The highest BCUT2D eigenvalue weighted by Crippen LogP contribution is 2.56. The van der Waals surface area contributed by atoms with Gasteiger partial charge in [-0.3, -0.25) is 0 Å². The molecule has 0 saturated carbocycles. The molecular formula is C45H33NO. The number of anilines is 3. The Morgan fingerprint density at radius 2 is 1.09 bits per heavy atom. The van der Waals surface area contributed by atoms with Crippen molar-refractivity contribution in [3.63, 3.8) is 0 Å². The molecule has 0 fully saturated rings. The first-order valence-electron chi connectivity index (χ1n) is 16.3. The molecule has 0 radical (unpaired) electrons. The zero-order chi connectivity index (χ0) is 31.5. The van der Waals surface area contributed by atoms with E-state index in [1.807, 2.05) is 12.1 Å². The van der Waals surface area contributed by atoms with Crippen LogP contribution in [0.2, 0.25) is 0 Å². The highest BCUT2D eigenvalue weighted by atomic mass is 16.3. The molecule has 224 valence electrons. The number of nitrogens with zero attached hydrogens (tertiary/aromatic N) is 1. The summed E-state index contributed by atoms with van der Waals surface area (Å²) < 4.78 is 6.41. The summed E-state index contributed by atoms with van der Waals surface area (Å²) in [5, 5.41) is 2.26. The number of rotatable bonds is 5. The predicted molar refractivity (Wildman–Crippen MR) is 197 cm³/mol. The summed E-state index contributed by atoms with van der Waals surface area (Å²) in [6.07, 6.45) is 0. The van der Waals surface area contributed by atoms with E-state index in [0.29, 0.717) is 0 Å². The highest BCUT2D eigenvalue weighted by Gasteiger charge is 2.38. The number of hydrogen-bond donors (Lipinski definition) is 0. The van der Waals surface area contributed by atoms with Crippen molar-refractivity contribution in [2.45, 2.75) is 19.3 Å². The molecule has 0 amide bonds. The Kier molecular flexibility index (Phi) is 6.20. The largest absolute Gasteiger partial charge is 0.456 e. The third-order valence-corrected chi connectivity index (χ3v) is 9.86. The number of para-hydroxylation sites is 2. The predicted octanol–water partition coefficient (Wildman–Crippen LogP) is 12.7. The first-order chi connectivity index (χ1) is 23.1. The molecule has 1 aromatic heterocycles. The van der Waals surface area contributed by atoms with Gasteiger partial charge in [0.05, 0.1) is 5.69 Å². The van der Waals surface area contributed by atoms with Gasteiger partial charge in [0.25, 0.3) is 0 Å². The molecule has 0 spiro atoms. The second-order valence-electron chi connectivity index (χ2n) is 12.9. The Hall–Kier alpha value is -5.86. The van der Waals surface area contributed by atoms with Crippen LogP contribution in [0.3, 0.4) is 0 Å². The van der Waals surface area contributed by atoms with Gasteiger partial charge in [-0.25, -0.2) is 0 Å². The molecule has 0 saturated heterocycles. The SMILES string of the molecule is CC1(C)c2cc(N(c3ccccc3)c3ccc4c(c3)oc3ccccc34)c(-c3ccccc3)cc2-c2c(-c3ccccc3)cccc21. The molecule has 8 aromatic rings. The number of fused-ring (bicyclic) bond motifs is 6. The molecule has 0 aliphatic heterocycles. The van der Waals surface area contributed by atoms with Crippen LogP contribution in [0, 0.1) is 0 Å². The summed E-state index contributed by atoms with van der Waals surface area (Å²) in [6, 6.07) is 58.9. The Bertz CT molecular complexity index is 2420. The lowest BCUT2D eigenvalue weighted by molar-refractivity contribution is 0.660. The van der Waals surface area contributed by atoms with Crippen LogP contribution in [0.1, 0.15) is 25.0 Å². The second kappa shape index (κ2) is 10.6. The third kappa shape index (κ3) is 4.33. The van der Waals surface area contributed by atoms with Gasteiger partial charge in [0.1, 0.15) is 11.2 Å². The molecule has 7 aromatic carbocycles. The quantitative estimate of drug-likeness (QED) is 0.195. The van der Waals surface area contributed by atoms with Crippen molar-refractivity contribution in [3.05, 3.63) is 175 Å². The van der Waals surface area contributed by atoms with Crippen molar-refractivity contribution in [1.82, 2.24) is 0 Å². The smallest absolute Gasteiger partial charge is 0.137 e. The van der Waals surface area contributed by atoms with Crippen molar-refractivity contribution < 1.29 is 4.42 Å². The topological polar surface area (TPSA) is 16.4 Å². The van der Waals surface area contributed by atoms with Crippen molar-refractivity contribution in [1.29, 1.82) is 0 Å². The minimum atomic E-state index is -0.190. The first-order valence-corrected chi connectivity index (χ1v) is 16.3. The molecule has 9 rings (SSSR count). The molecule has 0 N–H and O–H groups in total. The Morgan fingerprint density at radius 1 is 0.447 bits per heavy atom. The summed E-state index contributed by atoms with van der Waals surface area (Å²) in [4.78, 5) is 2.40. The maximum Gasteiger partial charge on any atom is 0.137 e. The Labute approximate surface area is 275 Å². The van der Waals surface area contributed by atoms with E-state index in [9.17, 15) is 0 Å². The van der Waals surface area contributed by atoms with Crippen LogP contribution in [0.4, 0.5) is 17.1 Å². The van der Waals surface area contributed by atoms with Gasteiger partial charge in [0.2, 0.25) is 0 Å². The van der Waals surface area contributed by atoms with Crippen LogP contribution in [0.15, 0.2) is 168 Å². The zero-order valence-electron chi connectivity index (χ0n) is 26.4. The van der Waals surface area contributed by atoms with E-state index >= 15 is 0 Å². The van der Waals surface area contributed by atoms with Gasteiger partial charge < -0.3 is 9.32 Å². The minimum absolute atomic E-state index is 0.190. The van der Waals surface area contributed by atoms with Gasteiger partial charge >= 0.3 is 0 Å². The van der Waals surface area contributed by atoms with Crippen LogP contribution in [0.5, 0.6) is 0 Å². The van der Waals surface area contributed by atoms with Gasteiger partial charge in [-0.15, -0.1) is 0 Å². The number of benzene rings is 7. The molecule has 0 bridgehead atoms. The molecule has 0 unspecified atom stereocenters. The van der Waals surface area contributed by atoms with Crippen molar-refractivity contribution in [2.24, 2.45) is 0 Å². The summed E-state index contributed by atoms with van der Waals surface area (Å²) in [5.41, 5.74) is 15.1. The first kappa shape index (κ1) is 27.5. The normalized spacial score (nSPS) is 13.1. The fourth-order valence-corrected chi connectivity index (χ4v) is 7.57. The van der Waals surface area contributed by atoms with Crippen molar-refractivity contribution in [3.8, 4) is 33.4 Å². The summed E-state index contributed by atoms with van der Waals surface area (Å²) in [6.45, 7) is 4.73. The van der Waals surface area contributed by atoms with Gasteiger partial charge in [0, 0.05) is 39.2 Å². The van der Waals surface area contributed by atoms with E-state index in [-0.39, 0.29) is 5.41 Å². The average molecular weight is 604 g/mol. The van der Waals surface area contributed by atoms with E-state index in [4.69, 9.17) is 4.42 Å². The number of furan rings is 1. The van der Waals surface area contributed by atoms with E-state index in [1.54, 1.807) is 0 Å². The molecule has 1 aliphatic rings. The standard InChI is InChI=1S/C45H33NO/c1-45(2)39-23-14-22-34(30-15-6-3-7-16-30)44(39)38-28-37(31-17-8-4-9-18-31)41(29-40(38)45)46(32-19-10-5-11-20-32)33-25-26-36-35-21-12-13-24-42(35)47-43(36)27-33/h3-29H,1-2H3. The maximum atomic E-state index is 6.41. The van der Waals surface area contributed by atoms with Gasteiger partial charge in [-0.05, 0) is 81.4 Å². The lowest BCUT2D eigenvalue weighted by Gasteiger charge is -2.30. The van der Waals surface area contributed by atoms with Crippen molar-refractivity contribution >= 4 is 39.0 Å². The average Bonchev–Trinajstić information content (AvgIpc) is 3.60. The number of hydrogen-bond acceptors (Lipinski definition) is 2. The second-order valence-corrected chi connectivity index (χ2v) is 12.9. The molecule has 1 heterocycles. The molecule has 1 aliphatic carbocycles. The van der Waals surface area contributed by atoms with E-state index in [1.165, 1.54) is 44.5 Å². The van der Waals surface area contributed by atoms with Gasteiger partial charge in [-0.2, -0.15) is 0 Å². The Balaban J connectivity index is 1.34. The monoisotopic (exact) mass is 603 g/mol. The molecule has 2 heteroatoms. The van der Waals surface area contributed by atoms with Crippen LogP contribution < -0.4 is 4.90 Å². The van der Waals surface area contributed by atoms with Crippen LogP contribution in [-0.2, 0) is 5.41 Å². The van der Waals surface area contributed by atoms with Crippen LogP contribution in [0.25, 0.3) is 55.3 Å². The maximum absolute atomic E-state index is 6.41. The summed E-state index contributed by atoms with van der Waals surface area (Å²) >= 11 is 0. The van der Waals surface area contributed by atoms with E-state index in [0.717, 1.165) is 39.0 Å². The summed E-state index contributed by atoms with van der Waals surface area (Å²) in [5.74, 6) is 0. The Morgan fingerprint density at radius 3 is 1.83 bits per heavy atom. The van der Waals surface area contributed by atoms with Crippen LogP contribution >= 0.6 is 0 Å². The summed E-state index contributed by atoms with van der Waals surface area (Å²) in [7, 11) is 0. The zero-order valence-corrected chi connectivity index (χ0v) is 26.4. The fourth-order valence-electron chi connectivity index (χ4n) is 7.57. The van der Waals surface area contributed by atoms with Crippen molar-refractivity contribution in [2.75, 3.05) is 4.90 Å². The lowest BCUT2D eigenvalue weighted by Crippen LogP contribution is -2.17. The minimum Gasteiger partial charge on any atom is -0.456 e. The van der Waals surface area contributed by atoms with Gasteiger partial charge in [-0.1, -0.05) is 129 Å². The van der Waals surface area contributed by atoms with Gasteiger partial charge in [0.15, 0.2) is 0 Å². The molecule has 0 atom stereocenters. The lowest BCUT2D eigenvalue weighted by atomic mass is 9.81. The fraction of sp³-hybridized carbons (Fsp3) is 0.0667. The molecule has 47 heavy (non-hydrogen) atoms. The van der Waals surface area contributed by atoms with Crippen LogP contribution in [-0.4, -0.2) is 0 Å². The van der Waals surface area contributed by atoms with E-state index < -0.39 is 0 Å². The molecule has 2 nitrogen and oxygen atoms in total. The highest BCUT2D eigenvalue weighted by molar-refractivity contribution is 6.06. The van der Waals surface area contributed by atoms with E-state index in [2.05, 4.69) is 170 Å². The third-order valence-electron chi connectivity index (χ3n) is 9.86.